The Morgan fingerprint density at radius 3 is 2.95 bits per heavy atom. The molecular weight excluding hydrogens is 240 g/mol. The van der Waals surface area contributed by atoms with Gasteiger partial charge < -0.3 is 21.4 Å². The van der Waals surface area contributed by atoms with Gasteiger partial charge in [-0.1, -0.05) is 6.92 Å². The molecule has 0 saturated heterocycles. The summed E-state index contributed by atoms with van der Waals surface area (Å²) < 4.78 is 0. The Balaban J connectivity index is 2.12. The van der Waals surface area contributed by atoms with Gasteiger partial charge in [-0.05, 0) is 49.7 Å². The summed E-state index contributed by atoms with van der Waals surface area (Å²) in [6, 6.07) is 5.19. The summed E-state index contributed by atoms with van der Waals surface area (Å²) >= 11 is 0. The molecule has 1 aromatic carbocycles. The molecule has 0 aliphatic carbocycles. The number of fused-ring (bicyclic) bond motifs is 1. The van der Waals surface area contributed by atoms with E-state index in [2.05, 4.69) is 22.5 Å². The van der Waals surface area contributed by atoms with E-state index in [9.17, 15) is 4.79 Å². The summed E-state index contributed by atoms with van der Waals surface area (Å²) in [5.41, 5.74) is 8.16. The largest absolute Gasteiger partial charge is 0.361 e. The third-order valence-corrected chi connectivity index (χ3v) is 3.03. The lowest BCUT2D eigenvalue weighted by atomic mass is 10.1. The third-order valence-electron chi connectivity index (χ3n) is 3.03. The van der Waals surface area contributed by atoms with E-state index in [1.165, 1.54) is 5.56 Å². The Bertz CT molecular complexity index is 562. The number of carbonyl (C=O) groups is 1. The first kappa shape index (κ1) is 13.4. The fraction of sp³-hybridized carbons (Fsp3) is 0.357. The van der Waals surface area contributed by atoms with E-state index in [-0.39, 0.29) is 0 Å². The zero-order valence-corrected chi connectivity index (χ0v) is 11.1. The summed E-state index contributed by atoms with van der Waals surface area (Å²) in [5, 5.41) is 7.11. The Kier molecular flexibility index (Phi) is 4.41. The molecule has 0 aliphatic rings. The molecule has 2 aromatic rings. The predicted octanol–water partition coefficient (Wildman–Crippen LogP) is 2.20. The normalized spacial score (nSPS) is 10.8. The van der Waals surface area contributed by atoms with Crippen molar-refractivity contribution in [3.8, 4) is 0 Å². The molecule has 0 fully saturated rings. The number of amides is 2. The number of anilines is 1. The molecule has 0 saturated carbocycles. The van der Waals surface area contributed by atoms with Crippen LogP contribution in [0.1, 0.15) is 18.9 Å². The second-order valence-electron chi connectivity index (χ2n) is 4.56. The number of primary amides is 1. The van der Waals surface area contributed by atoms with Crippen LogP contribution < -0.4 is 16.4 Å². The minimum absolute atomic E-state index is 0.541. The highest BCUT2D eigenvalue weighted by Crippen LogP contribution is 2.22. The van der Waals surface area contributed by atoms with Crippen molar-refractivity contribution < 1.29 is 4.79 Å². The molecule has 5 heteroatoms. The summed E-state index contributed by atoms with van der Waals surface area (Å²) in [4.78, 5) is 14.1. The molecule has 1 heterocycles. The number of hydrogen-bond acceptors (Lipinski definition) is 2. The SMILES string of the molecule is CCCNCCc1c[nH]c2ccc(NC(N)=O)cc12. The van der Waals surface area contributed by atoms with Gasteiger partial charge >= 0.3 is 6.03 Å². The molecule has 19 heavy (non-hydrogen) atoms. The highest BCUT2D eigenvalue weighted by molar-refractivity contribution is 5.93. The van der Waals surface area contributed by atoms with Crippen molar-refractivity contribution in [2.45, 2.75) is 19.8 Å². The van der Waals surface area contributed by atoms with E-state index >= 15 is 0 Å². The van der Waals surface area contributed by atoms with Crippen molar-refractivity contribution in [3.05, 3.63) is 30.0 Å². The molecule has 0 bridgehead atoms. The molecule has 0 unspecified atom stereocenters. The molecule has 0 aliphatic heterocycles. The Hall–Kier alpha value is -2.01. The van der Waals surface area contributed by atoms with Gasteiger partial charge in [0.25, 0.3) is 0 Å². The zero-order valence-electron chi connectivity index (χ0n) is 11.1. The first-order valence-electron chi connectivity index (χ1n) is 6.58. The number of nitrogens with two attached hydrogens (primary N) is 1. The number of aromatic amines is 1. The second-order valence-corrected chi connectivity index (χ2v) is 4.56. The van der Waals surface area contributed by atoms with E-state index in [0.29, 0.717) is 0 Å². The summed E-state index contributed by atoms with van der Waals surface area (Å²) in [6.07, 6.45) is 4.12. The number of carbonyl (C=O) groups excluding carboxylic acids is 1. The summed E-state index contributed by atoms with van der Waals surface area (Å²) in [5.74, 6) is 0. The van der Waals surface area contributed by atoms with Gasteiger partial charge in [-0.2, -0.15) is 0 Å². The third kappa shape index (κ3) is 3.48. The van der Waals surface area contributed by atoms with Crippen LogP contribution in [0.3, 0.4) is 0 Å². The van der Waals surface area contributed by atoms with Crippen LogP contribution in [0.25, 0.3) is 10.9 Å². The lowest BCUT2D eigenvalue weighted by Gasteiger charge is -2.04. The standard InChI is InChI=1S/C14H20N4O/c1-2-6-16-7-5-10-9-17-13-4-3-11(8-12(10)13)18-14(15)19/h3-4,8-9,16-17H,2,5-7H2,1H3,(H3,15,18,19). The minimum Gasteiger partial charge on any atom is -0.361 e. The average molecular weight is 260 g/mol. The highest BCUT2D eigenvalue weighted by Gasteiger charge is 2.05. The average Bonchev–Trinajstić information content (AvgIpc) is 2.77. The topological polar surface area (TPSA) is 82.9 Å². The van der Waals surface area contributed by atoms with Gasteiger partial charge in [0.1, 0.15) is 0 Å². The van der Waals surface area contributed by atoms with Crippen LogP contribution in [0.5, 0.6) is 0 Å². The van der Waals surface area contributed by atoms with Crippen molar-refractivity contribution in [1.29, 1.82) is 0 Å². The molecule has 0 atom stereocenters. The zero-order chi connectivity index (χ0) is 13.7. The monoisotopic (exact) mass is 260 g/mol. The molecule has 0 spiro atoms. The van der Waals surface area contributed by atoms with Crippen LogP contribution in [-0.2, 0) is 6.42 Å². The van der Waals surface area contributed by atoms with Crippen molar-refractivity contribution >= 4 is 22.6 Å². The molecule has 2 amide bonds. The smallest absolute Gasteiger partial charge is 0.316 e. The molecule has 1 aromatic heterocycles. The van der Waals surface area contributed by atoms with Crippen LogP contribution >= 0.6 is 0 Å². The van der Waals surface area contributed by atoms with Gasteiger partial charge in [-0.25, -0.2) is 4.79 Å². The highest BCUT2D eigenvalue weighted by atomic mass is 16.2. The van der Waals surface area contributed by atoms with Crippen LogP contribution in [0.15, 0.2) is 24.4 Å². The molecule has 2 rings (SSSR count). The number of rotatable bonds is 6. The number of nitrogens with one attached hydrogen (secondary N) is 3. The molecule has 102 valence electrons. The van der Waals surface area contributed by atoms with E-state index in [0.717, 1.165) is 42.5 Å². The van der Waals surface area contributed by atoms with Gasteiger partial charge in [0.15, 0.2) is 0 Å². The first-order valence-corrected chi connectivity index (χ1v) is 6.58. The van der Waals surface area contributed by atoms with Crippen molar-refractivity contribution in [2.24, 2.45) is 5.73 Å². The van der Waals surface area contributed by atoms with E-state index in [4.69, 9.17) is 5.73 Å². The van der Waals surface area contributed by atoms with Crippen LogP contribution in [-0.4, -0.2) is 24.1 Å². The van der Waals surface area contributed by atoms with E-state index < -0.39 is 6.03 Å². The van der Waals surface area contributed by atoms with Crippen molar-refractivity contribution in [1.82, 2.24) is 10.3 Å². The maximum absolute atomic E-state index is 10.9. The lowest BCUT2D eigenvalue weighted by molar-refractivity contribution is 0.259. The van der Waals surface area contributed by atoms with Crippen LogP contribution in [0.2, 0.25) is 0 Å². The molecule has 5 nitrogen and oxygen atoms in total. The molecule has 5 N–H and O–H groups in total. The Morgan fingerprint density at radius 1 is 1.37 bits per heavy atom. The fourth-order valence-corrected chi connectivity index (χ4v) is 2.13. The van der Waals surface area contributed by atoms with Crippen molar-refractivity contribution in [3.63, 3.8) is 0 Å². The van der Waals surface area contributed by atoms with Crippen LogP contribution in [0, 0.1) is 0 Å². The van der Waals surface area contributed by atoms with Gasteiger partial charge in [0.2, 0.25) is 0 Å². The lowest BCUT2D eigenvalue weighted by Crippen LogP contribution is -2.19. The quantitative estimate of drug-likeness (QED) is 0.600. The second kappa shape index (κ2) is 6.24. The van der Waals surface area contributed by atoms with Crippen LogP contribution in [0.4, 0.5) is 10.5 Å². The van der Waals surface area contributed by atoms with E-state index in [1.54, 1.807) is 0 Å². The predicted molar refractivity (Wildman–Crippen MR) is 78.4 cm³/mol. The Morgan fingerprint density at radius 2 is 2.21 bits per heavy atom. The van der Waals surface area contributed by atoms with Gasteiger partial charge in [-0.15, -0.1) is 0 Å². The molecular formula is C14H20N4O. The maximum atomic E-state index is 10.9. The fourth-order valence-electron chi connectivity index (χ4n) is 2.13. The Labute approximate surface area is 112 Å². The first-order chi connectivity index (χ1) is 9.20. The number of benzene rings is 1. The van der Waals surface area contributed by atoms with Gasteiger partial charge in [0.05, 0.1) is 0 Å². The van der Waals surface area contributed by atoms with Gasteiger partial charge in [0, 0.05) is 22.8 Å². The van der Waals surface area contributed by atoms with Crippen molar-refractivity contribution in [2.75, 3.05) is 18.4 Å². The van der Waals surface area contributed by atoms with E-state index in [1.807, 2.05) is 24.4 Å². The molecule has 0 radical (unpaired) electrons. The number of H-pyrrole nitrogens is 1. The summed E-state index contributed by atoms with van der Waals surface area (Å²) in [6.45, 7) is 4.14. The maximum Gasteiger partial charge on any atom is 0.316 e. The number of aromatic nitrogens is 1. The number of hydrogen-bond donors (Lipinski definition) is 4. The summed E-state index contributed by atoms with van der Waals surface area (Å²) in [7, 11) is 0. The number of urea groups is 1. The van der Waals surface area contributed by atoms with Gasteiger partial charge in [-0.3, -0.25) is 0 Å². The minimum atomic E-state index is -0.541.